The van der Waals surface area contributed by atoms with Gasteiger partial charge in [0.2, 0.25) is 17.3 Å². The minimum absolute atomic E-state index is 0.0859. The molecule has 0 spiro atoms. The molecule has 4 heterocycles. The Hall–Kier alpha value is -4.42. The Labute approximate surface area is 209 Å². The molecule has 0 radical (unpaired) electrons. The van der Waals surface area contributed by atoms with Gasteiger partial charge in [-0.2, -0.15) is 0 Å². The molecule has 36 heavy (non-hydrogen) atoms. The molecule has 1 aromatic carbocycles. The molecule has 180 valence electrons. The molecule has 0 saturated heterocycles. The third-order valence-corrected chi connectivity index (χ3v) is 6.43. The quantitative estimate of drug-likeness (QED) is 0.355. The summed E-state index contributed by atoms with van der Waals surface area (Å²) in [7, 11) is -3.41. The average Bonchev–Trinajstić information content (AvgIpc) is 3.50. The van der Waals surface area contributed by atoms with Crippen molar-refractivity contribution >= 4 is 33.6 Å². The number of rotatable bonds is 6. The van der Waals surface area contributed by atoms with E-state index in [0.717, 1.165) is 6.26 Å². The summed E-state index contributed by atoms with van der Waals surface area (Å²) < 4.78 is 30.9. The van der Waals surface area contributed by atoms with Crippen molar-refractivity contribution in [3.63, 3.8) is 0 Å². The molecule has 0 aliphatic carbocycles. The summed E-state index contributed by atoms with van der Waals surface area (Å²) in [6.45, 7) is 0. The van der Waals surface area contributed by atoms with Crippen LogP contribution in [0.1, 0.15) is 11.7 Å². The van der Waals surface area contributed by atoms with E-state index in [1.165, 1.54) is 24.5 Å². The summed E-state index contributed by atoms with van der Waals surface area (Å²) in [6.07, 6.45) is 7.02. The lowest BCUT2D eigenvalue weighted by Crippen LogP contribution is -2.03. The van der Waals surface area contributed by atoms with E-state index in [2.05, 4.69) is 30.4 Å². The van der Waals surface area contributed by atoms with Gasteiger partial charge in [-0.1, -0.05) is 23.7 Å². The van der Waals surface area contributed by atoms with Gasteiger partial charge in [-0.25, -0.2) is 8.42 Å². The standard InChI is InChI=1S/C23H16ClN7O4S/c1-36(33,34)15-6-7-17(26-13-15)22-29-27-19(31(22)18-5-3-2-4-16(18)24)8-9-21-28-30-23(35-21)14-10-11-25-20(32)12-14/h2-13H,1H3,(H,25,32)/b9-8+. The number of nitrogens with one attached hydrogen (secondary N) is 1. The lowest BCUT2D eigenvalue weighted by atomic mass is 10.2. The number of benzene rings is 1. The number of pyridine rings is 2. The average molecular weight is 522 g/mol. The lowest BCUT2D eigenvalue weighted by Gasteiger charge is -2.10. The van der Waals surface area contributed by atoms with Gasteiger partial charge in [-0.15, -0.1) is 20.4 Å². The summed E-state index contributed by atoms with van der Waals surface area (Å²) in [4.78, 5) is 18.4. The van der Waals surface area contributed by atoms with Crippen LogP contribution in [-0.2, 0) is 9.84 Å². The van der Waals surface area contributed by atoms with Crippen LogP contribution in [0.15, 0.2) is 75.0 Å². The van der Waals surface area contributed by atoms with Crippen molar-refractivity contribution in [2.75, 3.05) is 6.26 Å². The summed E-state index contributed by atoms with van der Waals surface area (Å²) in [5.74, 6) is 1.08. The lowest BCUT2D eigenvalue weighted by molar-refractivity contribution is 0.557. The van der Waals surface area contributed by atoms with Gasteiger partial charge < -0.3 is 9.40 Å². The van der Waals surface area contributed by atoms with Crippen molar-refractivity contribution in [3.05, 3.63) is 88.0 Å². The van der Waals surface area contributed by atoms with Crippen LogP contribution in [0.3, 0.4) is 0 Å². The molecule has 11 nitrogen and oxygen atoms in total. The van der Waals surface area contributed by atoms with Crippen LogP contribution in [0.25, 0.3) is 40.8 Å². The molecule has 0 fully saturated rings. The topological polar surface area (TPSA) is 150 Å². The number of halogens is 1. The maximum Gasteiger partial charge on any atom is 0.248 e. The van der Waals surface area contributed by atoms with Gasteiger partial charge in [0.25, 0.3) is 0 Å². The number of aromatic amines is 1. The van der Waals surface area contributed by atoms with Crippen molar-refractivity contribution in [2.24, 2.45) is 0 Å². The van der Waals surface area contributed by atoms with Crippen LogP contribution in [0.2, 0.25) is 5.02 Å². The number of aromatic nitrogens is 7. The third-order valence-electron chi connectivity index (χ3n) is 5.01. The zero-order valence-electron chi connectivity index (χ0n) is 18.5. The second kappa shape index (κ2) is 9.32. The van der Waals surface area contributed by atoms with Gasteiger partial charge in [0.1, 0.15) is 5.69 Å². The minimum Gasteiger partial charge on any atom is -0.417 e. The van der Waals surface area contributed by atoms with Crippen LogP contribution >= 0.6 is 11.6 Å². The van der Waals surface area contributed by atoms with Crippen LogP contribution in [0.5, 0.6) is 0 Å². The molecule has 0 aliphatic rings. The van der Waals surface area contributed by atoms with Crippen LogP contribution in [0.4, 0.5) is 0 Å². The summed E-state index contributed by atoms with van der Waals surface area (Å²) in [6, 6.07) is 13.1. The Bertz CT molecular complexity index is 1760. The molecule has 0 saturated carbocycles. The maximum atomic E-state index is 11.8. The molecular weight excluding hydrogens is 506 g/mol. The maximum absolute atomic E-state index is 11.8. The number of hydrogen-bond acceptors (Lipinski definition) is 9. The zero-order chi connectivity index (χ0) is 25.3. The molecule has 0 unspecified atom stereocenters. The highest BCUT2D eigenvalue weighted by molar-refractivity contribution is 7.90. The summed E-state index contributed by atoms with van der Waals surface area (Å²) >= 11 is 6.46. The van der Waals surface area contributed by atoms with Crippen molar-refractivity contribution in [1.82, 2.24) is 34.9 Å². The number of para-hydroxylation sites is 1. The predicted octanol–water partition coefficient (Wildman–Crippen LogP) is 3.29. The van der Waals surface area contributed by atoms with E-state index in [9.17, 15) is 13.2 Å². The fraction of sp³-hybridized carbons (Fsp3) is 0.0435. The fourth-order valence-corrected chi connectivity index (χ4v) is 4.09. The summed E-state index contributed by atoms with van der Waals surface area (Å²) in [5.41, 5.74) is 1.17. The van der Waals surface area contributed by atoms with Gasteiger partial charge in [-0.05, 0) is 36.4 Å². The SMILES string of the molecule is CS(=O)(=O)c1ccc(-c2nnc(/C=C/c3nnc(-c4cc[nH]c(=O)c4)o3)n2-c2ccccc2Cl)nc1. The number of H-pyrrole nitrogens is 1. The molecule has 13 heteroatoms. The molecule has 0 atom stereocenters. The van der Waals surface area contributed by atoms with Gasteiger partial charge in [-0.3, -0.25) is 14.3 Å². The van der Waals surface area contributed by atoms with Gasteiger partial charge in [0.05, 0.1) is 15.6 Å². The smallest absolute Gasteiger partial charge is 0.248 e. The van der Waals surface area contributed by atoms with Gasteiger partial charge >= 0.3 is 0 Å². The van der Waals surface area contributed by atoms with E-state index in [1.807, 2.05) is 6.07 Å². The first-order chi connectivity index (χ1) is 17.3. The minimum atomic E-state index is -3.41. The summed E-state index contributed by atoms with van der Waals surface area (Å²) in [5, 5.41) is 16.9. The van der Waals surface area contributed by atoms with Crippen LogP contribution in [0, 0.1) is 0 Å². The molecule has 0 aliphatic heterocycles. The highest BCUT2D eigenvalue weighted by atomic mass is 35.5. The van der Waals surface area contributed by atoms with E-state index in [4.69, 9.17) is 16.0 Å². The molecule has 1 N–H and O–H groups in total. The Kier molecular flexibility index (Phi) is 6.04. The first kappa shape index (κ1) is 23.3. The first-order valence-corrected chi connectivity index (χ1v) is 12.6. The third kappa shape index (κ3) is 4.72. The predicted molar refractivity (Wildman–Crippen MR) is 132 cm³/mol. The monoisotopic (exact) mass is 521 g/mol. The second-order valence-electron chi connectivity index (χ2n) is 7.54. The first-order valence-electron chi connectivity index (χ1n) is 10.4. The number of nitrogens with zero attached hydrogens (tertiary/aromatic N) is 6. The Morgan fingerprint density at radius 1 is 1.03 bits per heavy atom. The largest absolute Gasteiger partial charge is 0.417 e. The highest BCUT2D eigenvalue weighted by Gasteiger charge is 2.18. The second-order valence-corrected chi connectivity index (χ2v) is 9.96. The highest BCUT2D eigenvalue weighted by Crippen LogP contribution is 2.28. The van der Waals surface area contributed by atoms with Crippen LogP contribution in [-0.4, -0.2) is 49.6 Å². The van der Waals surface area contributed by atoms with Gasteiger partial charge in [0.15, 0.2) is 21.5 Å². The molecule has 5 aromatic rings. The van der Waals surface area contributed by atoms with E-state index < -0.39 is 9.84 Å². The van der Waals surface area contributed by atoms with Crippen molar-refractivity contribution in [3.8, 4) is 28.7 Å². The number of hydrogen-bond donors (Lipinski definition) is 1. The molecule has 5 rings (SSSR count). The Balaban J connectivity index is 1.55. The molecular formula is C23H16ClN7O4S. The Morgan fingerprint density at radius 2 is 1.86 bits per heavy atom. The normalized spacial score (nSPS) is 11.8. The molecule has 0 amide bonds. The van der Waals surface area contributed by atoms with Gasteiger partial charge in [0, 0.05) is 36.4 Å². The van der Waals surface area contributed by atoms with Crippen molar-refractivity contribution in [2.45, 2.75) is 4.90 Å². The molecule has 0 bridgehead atoms. The van der Waals surface area contributed by atoms with E-state index in [-0.39, 0.29) is 22.2 Å². The number of sulfone groups is 1. The fourth-order valence-electron chi connectivity index (χ4n) is 3.31. The van der Waals surface area contributed by atoms with Crippen LogP contribution < -0.4 is 5.56 Å². The van der Waals surface area contributed by atoms with Crippen molar-refractivity contribution in [1.29, 1.82) is 0 Å². The van der Waals surface area contributed by atoms with E-state index >= 15 is 0 Å². The van der Waals surface area contributed by atoms with E-state index in [1.54, 1.807) is 47.1 Å². The van der Waals surface area contributed by atoms with E-state index in [0.29, 0.717) is 33.6 Å². The van der Waals surface area contributed by atoms with Crippen molar-refractivity contribution < 1.29 is 12.8 Å². The zero-order valence-corrected chi connectivity index (χ0v) is 20.1. The molecule has 4 aromatic heterocycles. The Morgan fingerprint density at radius 3 is 2.58 bits per heavy atom.